The van der Waals surface area contributed by atoms with Gasteiger partial charge in [0.15, 0.2) is 0 Å². The van der Waals surface area contributed by atoms with Gasteiger partial charge in [-0.3, -0.25) is 4.79 Å². The molecule has 9 heteroatoms. The topological polar surface area (TPSA) is 88.2 Å². The number of nitrogens with zero attached hydrogens (tertiary/aromatic N) is 2. The highest BCUT2D eigenvalue weighted by Crippen LogP contribution is 2.32. The summed E-state index contributed by atoms with van der Waals surface area (Å²) in [5.41, 5.74) is 1.85. The number of sulfonamides is 1. The molecular weight excluding hydrogens is 442 g/mol. The first-order valence-corrected chi connectivity index (χ1v) is 12.8. The molecule has 0 radical (unpaired) electrons. The number of ether oxygens (including phenoxy) is 2. The third-order valence-electron chi connectivity index (χ3n) is 6.26. The predicted octanol–water partition coefficient (Wildman–Crippen LogP) is 3.35. The zero-order valence-corrected chi connectivity index (χ0v) is 19.9. The van der Waals surface area contributed by atoms with Crippen molar-refractivity contribution >= 4 is 27.3 Å². The standard InChI is InChI=1S/C24H31N3O5S/c1-18-7-5-6-12-27(18)33(29,30)23-17-19(10-11-22(23)31-2)24(28)25-20-8-3-4-9-21(20)26-13-15-32-16-14-26/h3-4,8-11,17-18H,5-7,12-16H2,1-2H3,(H,25,28). The van der Waals surface area contributed by atoms with Crippen LogP contribution in [-0.4, -0.2) is 64.6 Å². The van der Waals surface area contributed by atoms with Crippen LogP contribution in [0.15, 0.2) is 47.4 Å². The number of rotatable bonds is 6. The van der Waals surface area contributed by atoms with Gasteiger partial charge in [-0.2, -0.15) is 4.31 Å². The molecule has 1 unspecified atom stereocenters. The van der Waals surface area contributed by atoms with Crippen LogP contribution in [0.3, 0.4) is 0 Å². The molecule has 1 atom stereocenters. The van der Waals surface area contributed by atoms with Gasteiger partial charge >= 0.3 is 0 Å². The van der Waals surface area contributed by atoms with Gasteiger partial charge < -0.3 is 19.7 Å². The number of anilines is 2. The van der Waals surface area contributed by atoms with Crippen LogP contribution >= 0.6 is 0 Å². The molecule has 0 bridgehead atoms. The van der Waals surface area contributed by atoms with E-state index >= 15 is 0 Å². The lowest BCUT2D eigenvalue weighted by Gasteiger charge is -2.32. The molecule has 0 aromatic heterocycles. The molecule has 0 saturated carbocycles. The van der Waals surface area contributed by atoms with Crippen LogP contribution in [0, 0.1) is 0 Å². The summed E-state index contributed by atoms with van der Waals surface area (Å²) in [6, 6.07) is 12.1. The number of hydrogen-bond acceptors (Lipinski definition) is 6. The lowest BCUT2D eigenvalue weighted by Crippen LogP contribution is -2.42. The molecule has 1 N–H and O–H groups in total. The van der Waals surface area contributed by atoms with Gasteiger partial charge in [-0.1, -0.05) is 18.6 Å². The lowest BCUT2D eigenvalue weighted by molar-refractivity contribution is 0.102. The third-order valence-corrected chi connectivity index (χ3v) is 8.29. The number of para-hydroxylation sites is 2. The minimum Gasteiger partial charge on any atom is -0.495 e. The van der Waals surface area contributed by atoms with Gasteiger partial charge in [-0.15, -0.1) is 0 Å². The number of methoxy groups -OCH3 is 1. The average Bonchev–Trinajstić information content (AvgIpc) is 2.84. The van der Waals surface area contributed by atoms with Gasteiger partial charge in [-0.25, -0.2) is 8.42 Å². The minimum atomic E-state index is -3.80. The summed E-state index contributed by atoms with van der Waals surface area (Å²) in [6.45, 7) is 5.14. The SMILES string of the molecule is COc1ccc(C(=O)Nc2ccccc2N2CCOCC2)cc1S(=O)(=O)N1CCCCC1C. The van der Waals surface area contributed by atoms with Crippen LogP contribution in [-0.2, 0) is 14.8 Å². The highest BCUT2D eigenvalue weighted by Gasteiger charge is 2.33. The van der Waals surface area contributed by atoms with Crippen molar-refractivity contribution in [3.63, 3.8) is 0 Å². The predicted molar refractivity (Wildman–Crippen MR) is 128 cm³/mol. The van der Waals surface area contributed by atoms with Gasteiger partial charge in [0.05, 0.1) is 31.7 Å². The molecular formula is C24H31N3O5S. The van der Waals surface area contributed by atoms with Gasteiger partial charge in [-0.05, 0) is 50.1 Å². The largest absolute Gasteiger partial charge is 0.495 e. The fraction of sp³-hybridized carbons (Fsp3) is 0.458. The Hall–Kier alpha value is -2.62. The number of morpholine rings is 1. The molecule has 0 spiro atoms. The zero-order valence-electron chi connectivity index (χ0n) is 19.1. The van der Waals surface area contributed by atoms with Crippen LogP contribution in [0.4, 0.5) is 11.4 Å². The number of carbonyl (C=O) groups excluding carboxylic acids is 1. The second-order valence-corrected chi connectivity index (χ2v) is 10.3. The van der Waals surface area contributed by atoms with Gasteiger partial charge in [0.25, 0.3) is 5.91 Å². The van der Waals surface area contributed by atoms with E-state index in [2.05, 4.69) is 10.2 Å². The van der Waals surface area contributed by atoms with Crippen molar-refractivity contribution < 1.29 is 22.7 Å². The van der Waals surface area contributed by atoms with Gasteiger partial charge in [0.2, 0.25) is 10.0 Å². The molecule has 178 valence electrons. The smallest absolute Gasteiger partial charge is 0.255 e. The van der Waals surface area contributed by atoms with Gasteiger partial charge in [0.1, 0.15) is 10.6 Å². The maximum absolute atomic E-state index is 13.5. The summed E-state index contributed by atoms with van der Waals surface area (Å²) >= 11 is 0. The summed E-state index contributed by atoms with van der Waals surface area (Å²) in [5, 5.41) is 2.96. The molecule has 0 aliphatic carbocycles. The fourth-order valence-corrected chi connectivity index (χ4v) is 6.31. The number of piperidine rings is 1. The van der Waals surface area contributed by atoms with Crippen LogP contribution in [0.25, 0.3) is 0 Å². The van der Waals surface area contributed by atoms with Crippen molar-refractivity contribution in [3.8, 4) is 5.75 Å². The molecule has 2 aliphatic rings. The van der Waals surface area contributed by atoms with Crippen LogP contribution in [0.5, 0.6) is 5.75 Å². The Kier molecular flexibility index (Phi) is 7.21. The van der Waals surface area contributed by atoms with E-state index in [0.717, 1.165) is 38.0 Å². The van der Waals surface area contributed by atoms with Crippen LogP contribution in [0.1, 0.15) is 36.5 Å². The van der Waals surface area contributed by atoms with Crippen molar-refractivity contribution in [2.45, 2.75) is 37.1 Å². The van der Waals surface area contributed by atoms with Gasteiger partial charge in [0, 0.05) is 31.2 Å². The number of amides is 1. The van der Waals surface area contributed by atoms with E-state index in [4.69, 9.17) is 9.47 Å². The maximum Gasteiger partial charge on any atom is 0.255 e. The Morgan fingerprint density at radius 2 is 1.85 bits per heavy atom. The molecule has 2 aliphatic heterocycles. The summed E-state index contributed by atoms with van der Waals surface area (Å²) in [4.78, 5) is 15.4. The first-order valence-electron chi connectivity index (χ1n) is 11.3. The normalized spacial score (nSPS) is 19.8. The Morgan fingerprint density at radius 1 is 1.09 bits per heavy atom. The molecule has 8 nitrogen and oxygen atoms in total. The second kappa shape index (κ2) is 10.1. The minimum absolute atomic E-state index is 0.0212. The summed E-state index contributed by atoms with van der Waals surface area (Å²) < 4.78 is 39.2. The van der Waals surface area contributed by atoms with E-state index in [9.17, 15) is 13.2 Å². The van der Waals surface area contributed by atoms with Crippen molar-refractivity contribution in [2.75, 3.05) is 50.2 Å². The van der Waals surface area contributed by atoms with E-state index in [1.165, 1.54) is 17.5 Å². The average molecular weight is 474 g/mol. The summed E-state index contributed by atoms with van der Waals surface area (Å²) in [5.74, 6) is -0.139. The summed E-state index contributed by atoms with van der Waals surface area (Å²) in [7, 11) is -2.37. The number of hydrogen-bond donors (Lipinski definition) is 1. The first kappa shape index (κ1) is 23.5. The number of nitrogens with one attached hydrogen (secondary N) is 1. The van der Waals surface area contributed by atoms with Crippen molar-refractivity contribution in [3.05, 3.63) is 48.0 Å². The molecule has 2 aromatic carbocycles. The molecule has 4 rings (SSSR count). The number of benzene rings is 2. The molecule has 2 aromatic rings. The number of carbonyl (C=O) groups is 1. The molecule has 2 saturated heterocycles. The quantitative estimate of drug-likeness (QED) is 0.692. The van der Waals surface area contributed by atoms with Crippen LogP contribution in [0.2, 0.25) is 0 Å². The zero-order chi connectivity index (χ0) is 23.4. The van der Waals surface area contributed by atoms with E-state index < -0.39 is 10.0 Å². The second-order valence-electron chi connectivity index (χ2n) is 8.40. The van der Waals surface area contributed by atoms with E-state index in [0.29, 0.717) is 25.4 Å². The monoisotopic (exact) mass is 473 g/mol. The molecule has 33 heavy (non-hydrogen) atoms. The molecule has 1 amide bonds. The maximum atomic E-state index is 13.5. The van der Waals surface area contributed by atoms with E-state index in [1.807, 2.05) is 31.2 Å². The molecule has 2 heterocycles. The van der Waals surface area contributed by atoms with Crippen molar-refractivity contribution in [1.82, 2.24) is 4.31 Å². The van der Waals surface area contributed by atoms with Crippen LogP contribution < -0.4 is 15.0 Å². The van der Waals surface area contributed by atoms with E-state index in [-0.39, 0.29) is 28.2 Å². The highest BCUT2D eigenvalue weighted by molar-refractivity contribution is 7.89. The summed E-state index contributed by atoms with van der Waals surface area (Å²) in [6.07, 6.45) is 2.65. The highest BCUT2D eigenvalue weighted by atomic mass is 32.2. The van der Waals surface area contributed by atoms with Crippen molar-refractivity contribution in [2.24, 2.45) is 0 Å². The Labute approximate surface area is 195 Å². The lowest BCUT2D eigenvalue weighted by atomic mass is 10.1. The third kappa shape index (κ3) is 5.00. The Balaban J connectivity index is 1.62. The Bertz CT molecular complexity index is 1100. The van der Waals surface area contributed by atoms with E-state index in [1.54, 1.807) is 12.1 Å². The fourth-order valence-electron chi connectivity index (χ4n) is 4.43. The Morgan fingerprint density at radius 3 is 2.58 bits per heavy atom. The van der Waals surface area contributed by atoms with Crippen molar-refractivity contribution in [1.29, 1.82) is 0 Å². The first-order chi connectivity index (χ1) is 15.9. The molecule has 2 fully saturated rings.